The Morgan fingerprint density at radius 3 is 2.57 bits per heavy atom. The van der Waals surface area contributed by atoms with Gasteiger partial charge in [0.15, 0.2) is 5.76 Å². The van der Waals surface area contributed by atoms with Gasteiger partial charge in [-0.1, -0.05) is 5.16 Å². The van der Waals surface area contributed by atoms with E-state index in [0.29, 0.717) is 30.0 Å². The minimum atomic E-state index is -3.55. The van der Waals surface area contributed by atoms with Gasteiger partial charge >= 0.3 is 0 Å². The normalized spacial score (nSPS) is 24.3. The molecule has 7 nitrogen and oxygen atoms in total. The Labute approximate surface area is 137 Å². The van der Waals surface area contributed by atoms with Crippen molar-refractivity contribution in [3.8, 4) is 0 Å². The number of rotatable bonds is 5. The van der Waals surface area contributed by atoms with E-state index in [2.05, 4.69) is 14.8 Å². The van der Waals surface area contributed by atoms with Gasteiger partial charge in [-0.2, -0.15) is 0 Å². The zero-order valence-corrected chi connectivity index (χ0v) is 14.6. The number of hydrogen-bond acceptors (Lipinski definition) is 6. The van der Waals surface area contributed by atoms with E-state index in [4.69, 9.17) is 9.26 Å². The zero-order chi connectivity index (χ0) is 16.4. The predicted molar refractivity (Wildman–Crippen MR) is 84.7 cm³/mol. The molecule has 2 aliphatic heterocycles. The first-order valence-corrected chi connectivity index (χ1v) is 9.70. The van der Waals surface area contributed by atoms with Crippen LogP contribution in [0.3, 0.4) is 0 Å². The van der Waals surface area contributed by atoms with Crippen LogP contribution in [-0.4, -0.2) is 57.4 Å². The number of nitrogens with one attached hydrogen (secondary N) is 1. The molecule has 8 heteroatoms. The number of aromatic nitrogens is 1. The number of nitrogens with zero attached hydrogens (tertiary/aromatic N) is 2. The molecule has 130 valence electrons. The topological polar surface area (TPSA) is 84.7 Å². The summed E-state index contributed by atoms with van der Waals surface area (Å²) < 4.78 is 38.0. The summed E-state index contributed by atoms with van der Waals surface area (Å²) in [5.41, 5.74) is 0.408. The summed E-state index contributed by atoms with van der Waals surface area (Å²) in [5, 5.41) is 3.72. The highest BCUT2D eigenvalue weighted by molar-refractivity contribution is 7.89. The molecule has 0 saturated carbocycles. The van der Waals surface area contributed by atoms with Gasteiger partial charge in [0.1, 0.15) is 10.6 Å². The molecular weight excluding hydrogens is 318 g/mol. The van der Waals surface area contributed by atoms with E-state index < -0.39 is 10.0 Å². The first-order valence-electron chi connectivity index (χ1n) is 8.21. The number of sulfonamides is 1. The second-order valence-electron chi connectivity index (χ2n) is 6.50. The minimum absolute atomic E-state index is 0.179. The van der Waals surface area contributed by atoms with Gasteiger partial charge in [-0.05, 0) is 52.1 Å². The van der Waals surface area contributed by atoms with Gasteiger partial charge in [-0.25, -0.2) is 13.1 Å². The maximum Gasteiger partial charge on any atom is 0.245 e. The van der Waals surface area contributed by atoms with Crippen molar-refractivity contribution in [3.05, 3.63) is 11.5 Å². The van der Waals surface area contributed by atoms with Crippen LogP contribution in [0, 0.1) is 19.8 Å². The Bertz CT molecular complexity index is 610. The first-order chi connectivity index (χ1) is 11.0. The molecule has 1 atom stereocenters. The highest BCUT2D eigenvalue weighted by Crippen LogP contribution is 2.23. The summed E-state index contributed by atoms with van der Waals surface area (Å²) in [6.07, 6.45) is 3.14. The molecule has 0 bridgehead atoms. The number of piperidine rings is 1. The third-order valence-corrected chi connectivity index (χ3v) is 6.54. The van der Waals surface area contributed by atoms with Gasteiger partial charge in [-0.3, -0.25) is 4.90 Å². The van der Waals surface area contributed by atoms with Crippen LogP contribution in [0.1, 0.15) is 30.7 Å². The standard InChI is InChI=1S/C15H25N3O4S/c1-11-15(12(2)22-17-11)23(19,20)16-9-13-3-6-18(7-4-13)14-5-8-21-10-14/h13-14,16H,3-10H2,1-2H3. The summed E-state index contributed by atoms with van der Waals surface area (Å²) in [6.45, 7) is 7.48. The highest BCUT2D eigenvalue weighted by Gasteiger charge is 2.29. The second kappa shape index (κ2) is 6.88. The molecule has 0 radical (unpaired) electrons. The molecule has 3 rings (SSSR count). The van der Waals surface area contributed by atoms with Gasteiger partial charge in [0.25, 0.3) is 0 Å². The average Bonchev–Trinajstić information content (AvgIpc) is 3.16. The molecule has 1 aromatic heterocycles. The number of ether oxygens (including phenoxy) is 1. The van der Waals surface area contributed by atoms with Crippen molar-refractivity contribution in [2.45, 2.75) is 44.0 Å². The van der Waals surface area contributed by atoms with Crippen LogP contribution in [-0.2, 0) is 14.8 Å². The predicted octanol–water partition coefficient (Wildman–Crippen LogP) is 1.07. The van der Waals surface area contributed by atoms with E-state index in [1.807, 2.05) is 0 Å². The Morgan fingerprint density at radius 2 is 2.00 bits per heavy atom. The van der Waals surface area contributed by atoms with E-state index in [1.165, 1.54) is 0 Å². The van der Waals surface area contributed by atoms with Gasteiger partial charge in [-0.15, -0.1) is 0 Å². The summed E-state index contributed by atoms with van der Waals surface area (Å²) >= 11 is 0. The minimum Gasteiger partial charge on any atom is -0.380 e. The van der Waals surface area contributed by atoms with E-state index in [1.54, 1.807) is 13.8 Å². The Hall–Kier alpha value is -0.960. The fourth-order valence-corrected chi connectivity index (χ4v) is 4.93. The molecule has 2 saturated heterocycles. The lowest BCUT2D eigenvalue weighted by Gasteiger charge is -2.35. The lowest BCUT2D eigenvalue weighted by Crippen LogP contribution is -2.44. The fraction of sp³-hybridized carbons (Fsp3) is 0.800. The highest BCUT2D eigenvalue weighted by atomic mass is 32.2. The molecule has 0 aromatic carbocycles. The summed E-state index contributed by atoms with van der Waals surface area (Å²) in [7, 11) is -3.55. The number of aryl methyl sites for hydroxylation is 2. The number of hydrogen-bond donors (Lipinski definition) is 1. The average molecular weight is 343 g/mol. The van der Waals surface area contributed by atoms with Gasteiger partial charge in [0, 0.05) is 19.2 Å². The SMILES string of the molecule is Cc1noc(C)c1S(=O)(=O)NCC1CCN(C2CCOC2)CC1. The maximum absolute atomic E-state index is 12.4. The molecule has 0 amide bonds. The molecule has 0 aliphatic carbocycles. The largest absolute Gasteiger partial charge is 0.380 e. The van der Waals surface area contributed by atoms with Crippen molar-refractivity contribution in [2.75, 3.05) is 32.8 Å². The number of likely N-dealkylation sites (tertiary alicyclic amines) is 1. The molecule has 1 unspecified atom stereocenters. The molecule has 0 spiro atoms. The quantitative estimate of drug-likeness (QED) is 0.861. The van der Waals surface area contributed by atoms with Crippen LogP contribution in [0.4, 0.5) is 0 Å². The molecule has 2 fully saturated rings. The Balaban J connectivity index is 1.51. The smallest absolute Gasteiger partial charge is 0.245 e. The van der Waals surface area contributed by atoms with Crippen LogP contribution < -0.4 is 4.72 Å². The van der Waals surface area contributed by atoms with Crippen LogP contribution in [0.25, 0.3) is 0 Å². The van der Waals surface area contributed by atoms with Crippen molar-refractivity contribution in [1.29, 1.82) is 0 Å². The molecule has 1 N–H and O–H groups in total. The van der Waals surface area contributed by atoms with Crippen LogP contribution in [0.2, 0.25) is 0 Å². The molecule has 3 heterocycles. The van der Waals surface area contributed by atoms with Crippen LogP contribution in [0.15, 0.2) is 9.42 Å². The summed E-state index contributed by atoms with van der Waals surface area (Å²) in [6, 6.07) is 0.551. The monoisotopic (exact) mass is 343 g/mol. The fourth-order valence-electron chi connectivity index (χ4n) is 3.49. The van der Waals surface area contributed by atoms with Gasteiger partial charge in [0.05, 0.1) is 6.61 Å². The third kappa shape index (κ3) is 3.76. The van der Waals surface area contributed by atoms with E-state index in [0.717, 1.165) is 45.6 Å². The molecular formula is C15H25N3O4S. The lowest BCUT2D eigenvalue weighted by atomic mass is 9.96. The second-order valence-corrected chi connectivity index (χ2v) is 8.21. The Morgan fingerprint density at radius 1 is 1.26 bits per heavy atom. The van der Waals surface area contributed by atoms with Crippen molar-refractivity contribution in [2.24, 2.45) is 5.92 Å². The van der Waals surface area contributed by atoms with Crippen molar-refractivity contribution in [3.63, 3.8) is 0 Å². The van der Waals surface area contributed by atoms with Gasteiger partial charge in [0.2, 0.25) is 10.0 Å². The van der Waals surface area contributed by atoms with Crippen molar-refractivity contribution >= 4 is 10.0 Å². The Kier molecular flexibility index (Phi) is 5.05. The molecule has 23 heavy (non-hydrogen) atoms. The first kappa shape index (κ1) is 16.9. The van der Waals surface area contributed by atoms with E-state index >= 15 is 0 Å². The van der Waals surface area contributed by atoms with E-state index in [9.17, 15) is 8.42 Å². The van der Waals surface area contributed by atoms with Gasteiger partial charge < -0.3 is 9.26 Å². The van der Waals surface area contributed by atoms with E-state index in [-0.39, 0.29) is 4.90 Å². The maximum atomic E-state index is 12.4. The summed E-state index contributed by atoms with van der Waals surface area (Å²) in [5.74, 6) is 0.717. The third-order valence-electron chi connectivity index (χ3n) is 4.87. The molecule has 2 aliphatic rings. The summed E-state index contributed by atoms with van der Waals surface area (Å²) in [4.78, 5) is 2.66. The zero-order valence-electron chi connectivity index (χ0n) is 13.7. The van der Waals surface area contributed by atoms with Crippen LogP contribution in [0.5, 0.6) is 0 Å². The lowest BCUT2D eigenvalue weighted by molar-refractivity contribution is 0.111. The molecule has 1 aromatic rings. The van der Waals surface area contributed by atoms with Crippen molar-refractivity contribution in [1.82, 2.24) is 14.8 Å². The van der Waals surface area contributed by atoms with Crippen molar-refractivity contribution < 1.29 is 17.7 Å². The van der Waals surface area contributed by atoms with Crippen LogP contribution >= 0.6 is 0 Å².